The Hall–Kier alpha value is -2.75. The van der Waals surface area contributed by atoms with E-state index in [0.717, 1.165) is 22.4 Å². The standard InChI is InChI=1S/C24H24BrN3O3S2/c1-3-11-31-18-10-9-16(13-17(18)25)22(30)27-24(32)28-23-20(21(26)29)14(2)19(33-23)12-15-7-5-4-6-8-15/h4-10,13H,3,11-12H2,1-2H3,(H2,26,29)(H2,27,28,30,32). The average Bonchev–Trinajstić information content (AvgIpc) is 3.07. The lowest BCUT2D eigenvalue weighted by Gasteiger charge is -2.11. The monoisotopic (exact) mass is 545 g/mol. The number of nitrogens with two attached hydrogens (primary N) is 1. The molecule has 0 aliphatic carbocycles. The van der Waals surface area contributed by atoms with Gasteiger partial charge in [0.2, 0.25) is 0 Å². The van der Waals surface area contributed by atoms with E-state index in [-0.39, 0.29) is 11.0 Å². The second-order valence-corrected chi connectivity index (χ2v) is 9.65. The van der Waals surface area contributed by atoms with Crippen LogP contribution in [0, 0.1) is 6.92 Å². The quantitative estimate of drug-likeness (QED) is 0.328. The van der Waals surface area contributed by atoms with Crippen molar-refractivity contribution in [3.63, 3.8) is 0 Å². The van der Waals surface area contributed by atoms with Gasteiger partial charge < -0.3 is 15.8 Å². The van der Waals surface area contributed by atoms with E-state index in [1.54, 1.807) is 18.2 Å². The van der Waals surface area contributed by atoms with Gasteiger partial charge in [-0.05, 0) is 70.8 Å². The summed E-state index contributed by atoms with van der Waals surface area (Å²) in [5.41, 5.74) is 8.35. The van der Waals surface area contributed by atoms with Gasteiger partial charge in [-0.25, -0.2) is 0 Å². The molecule has 0 saturated carbocycles. The highest BCUT2D eigenvalue weighted by molar-refractivity contribution is 9.10. The molecule has 2 aromatic carbocycles. The van der Waals surface area contributed by atoms with Crippen LogP contribution in [0.25, 0.3) is 0 Å². The van der Waals surface area contributed by atoms with E-state index in [1.165, 1.54) is 11.3 Å². The maximum Gasteiger partial charge on any atom is 0.257 e. The molecule has 4 N–H and O–H groups in total. The highest BCUT2D eigenvalue weighted by Gasteiger charge is 2.21. The van der Waals surface area contributed by atoms with Gasteiger partial charge in [0, 0.05) is 16.9 Å². The van der Waals surface area contributed by atoms with Gasteiger partial charge in [-0.1, -0.05) is 37.3 Å². The molecule has 3 aromatic rings. The second kappa shape index (κ2) is 11.4. The van der Waals surface area contributed by atoms with Gasteiger partial charge in [0.15, 0.2) is 5.11 Å². The van der Waals surface area contributed by atoms with Gasteiger partial charge in [-0.2, -0.15) is 0 Å². The zero-order chi connectivity index (χ0) is 24.0. The number of carbonyl (C=O) groups excluding carboxylic acids is 2. The zero-order valence-electron chi connectivity index (χ0n) is 18.2. The van der Waals surface area contributed by atoms with Crippen LogP contribution in [0.15, 0.2) is 53.0 Å². The minimum absolute atomic E-state index is 0.0810. The molecule has 0 fully saturated rings. The lowest BCUT2D eigenvalue weighted by atomic mass is 10.1. The van der Waals surface area contributed by atoms with E-state index in [0.29, 0.717) is 39.4 Å². The predicted octanol–water partition coefficient (Wildman–Crippen LogP) is 5.42. The molecule has 172 valence electrons. The molecule has 33 heavy (non-hydrogen) atoms. The topological polar surface area (TPSA) is 93.4 Å². The smallest absolute Gasteiger partial charge is 0.257 e. The number of ether oxygens (including phenoxy) is 1. The number of anilines is 1. The SMILES string of the molecule is CCCOc1ccc(C(=O)NC(=S)Nc2sc(Cc3ccccc3)c(C)c2C(N)=O)cc1Br. The Kier molecular flexibility index (Phi) is 8.60. The summed E-state index contributed by atoms with van der Waals surface area (Å²) in [6.07, 6.45) is 1.55. The van der Waals surface area contributed by atoms with Gasteiger partial charge >= 0.3 is 0 Å². The highest BCUT2D eigenvalue weighted by atomic mass is 79.9. The fourth-order valence-electron chi connectivity index (χ4n) is 3.18. The first-order chi connectivity index (χ1) is 15.8. The van der Waals surface area contributed by atoms with E-state index in [1.807, 2.05) is 44.2 Å². The van der Waals surface area contributed by atoms with Gasteiger partial charge in [-0.15, -0.1) is 11.3 Å². The van der Waals surface area contributed by atoms with E-state index >= 15 is 0 Å². The Morgan fingerprint density at radius 1 is 1.18 bits per heavy atom. The van der Waals surface area contributed by atoms with Gasteiger partial charge in [0.05, 0.1) is 16.6 Å². The minimum Gasteiger partial charge on any atom is -0.492 e. The number of thiocarbonyl (C=S) groups is 1. The third-order valence-corrected chi connectivity index (χ3v) is 6.84. The third-order valence-electron chi connectivity index (χ3n) is 4.81. The number of amides is 2. The van der Waals surface area contributed by atoms with Crippen LogP contribution in [0.5, 0.6) is 5.75 Å². The number of rotatable bonds is 8. The van der Waals surface area contributed by atoms with Crippen LogP contribution >= 0.6 is 39.5 Å². The van der Waals surface area contributed by atoms with Crippen molar-refractivity contribution in [3.05, 3.63) is 80.1 Å². The Labute approximate surface area is 210 Å². The van der Waals surface area contributed by atoms with Crippen LogP contribution < -0.4 is 21.1 Å². The molecule has 1 aromatic heterocycles. The molecule has 0 bridgehead atoms. The maximum absolute atomic E-state index is 12.7. The minimum atomic E-state index is -0.550. The Morgan fingerprint density at radius 2 is 1.91 bits per heavy atom. The highest BCUT2D eigenvalue weighted by Crippen LogP contribution is 2.34. The fourth-order valence-corrected chi connectivity index (χ4v) is 5.18. The molecule has 6 nitrogen and oxygen atoms in total. The molecular formula is C24H24BrN3O3S2. The molecule has 0 saturated heterocycles. The number of thiophene rings is 1. The van der Waals surface area contributed by atoms with Crippen molar-refractivity contribution in [1.29, 1.82) is 0 Å². The van der Waals surface area contributed by atoms with Crippen molar-refractivity contribution in [3.8, 4) is 5.75 Å². The number of carbonyl (C=O) groups is 2. The largest absolute Gasteiger partial charge is 0.492 e. The third kappa shape index (κ3) is 6.40. The van der Waals surface area contributed by atoms with E-state index in [9.17, 15) is 9.59 Å². The van der Waals surface area contributed by atoms with Gasteiger partial charge in [-0.3, -0.25) is 14.9 Å². The van der Waals surface area contributed by atoms with Crippen molar-refractivity contribution in [2.75, 3.05) is 11.9 Å². The normalized spacial score (nSPS) is 10.5. The lowest BCUT2D eigenvalue weighted by molar-refractivity contribution is 0.0975. The van der Waals surface area contributed by atoms with Crippen molar-refractivity contribution < 1.29 is 14.3 Å². The summed E-state index contributed by atoms with van der Waals surface area (Å²) in [5.74, 6) is -0.264. The summed E-state index contributed by atoms with van der Waals surface area (Å²) >= 11 is 10.2. The molecule has 0 atom stereocenters. The molecule has 0 aliphatic heterocycles. The van der Waals surface area contributed by atoms with Crippen LogP contribution in [0.2, 0.25) is 0 Å². The summed E-state index contributed by atoms with van der Waals surface area (Å²) in [6, 6.07) is 15.0. The average molecular weight is 547 g/mol. The van der Waals surface area contributed by atoms with Crippen LogP contribution in [0.3, 0.4) is 0 Å². The second-order valence-electron chi connectivity index (χ2n) is 7.28. The molecule has 2 amide bonds. The van der Waals surface area contributed by atoms with Gasteiger partial charge in [0.1, 0.15) is 10.8 Å². The number of benzene rings is 2. The zero-order valence-corrected chi connectivity index (χ0v) is 21.5. The molecule has 0 unspecified atom stereocenters. The summed E-state index contributed by atoms with van der Waals surface area (Å²) in [4.78, 5) is 25.8. The van der Waals surface area contributed by atoms with Crippen LogP contribution in [0.4, 0.5) is 5.00 Å². The Bertz CT molecular complexity index is 1180. The summed E-state index contributed by atoms with van der Waals surface area (Å²) in [5, 5.41) is 6.22. The molecule has 0 radical (unpaired) electrons. The summed E-state index contributed by atoms with van der Waals surface area (Å²) in [6.45, 7) is 4.47. The summed E-state index contributed by atoms with van der Waals surface area (Å²) in [7, 11) is 0. The van der Waals surface area contributed by atoms with Crippen LogP contribution in [0.1, 0.15) is 50.1 Å². The van der Waals surface area contributed by atoms with Crippen LogP contribution in [-0.2, 0) is 6.42 Å². The van der Waals surface area contributed by atoms with Crippen molar-refractivity contribution in [2.24, 2.45) is 5.73 Å². The first kappa shape index (κ1) is 24.9. The maximum atomic E-state index is 12.7. The number of nitrogens with one attached hydrogen (secondary N) is 2. The molecule has 0 aliphatic rings. The lowest BCUT2D eigenvalue weighted by Crippen LogP contribution is -2.34. The van der Waals surface area contributed by atoms with Crippen molar-refractivity contribution >= 4 is 61.4 Å². The predicted molar refractivity (Wildman–Crippen MR) is 140 cm³/mol. The molecule has 9 heteroatoms. The number of hydrogen-bond acceptors (Lipinski definition) is 5. The Balaban J connectivity index is 1.73. The molecule has 3 rings (SSSR count). The number of hydrogen-bond donors (Lipinski definition) is 3. The first-order valence-electron chi connectivity index (χ1n) is 10.3. The molecular weight excluding hydrogens is 522 g/mol. The molecule has 0 spiro atoms. The van der Waals surface area contributed by atoms with Crippen LogP contribution in [-0.4, -0.2) is 23.5 Å². The Morgan fingerprint density at radius 3 is 2.55 bits per heavy atom. The fraction of sp³-hybridized carbons (Fsp3) is 0.208. The number of halogens is 1. The van der Waals surface area contributed by atoms with E-state index in [2.05, 4.69) is 26.6 Å². The first-order valence-corrected chi connectivity index (χ1v) is 12.3. The number of primary amides is 1. The van der Waals surface area contributed by atoms with E-state index < -0.39 is 5.91 Å². The van der Waals surface area contributed by atoms with E-state index in [4.69, 9.17) is 22.7 Å². The van der Waals surface area contributed by atoms with Gasteiger partial charge in [0.25, 0.3) is 11.8 Å². The van der Waals surface area contributed by atoms with Crippen molar-refractivity contribution in [1.82, 2.24) is 5.32 Å². The summed E-state index contributed by atoms with van der Waals surface area (Å²) < 4.78 is 6.29. The molecule has 1 heterocycles. The van der Waals surface area contributed by atoms with Crippen molar-refractivity contribution in [2.45, 2.75) is 26.7 Å².